The van der Waals surface area contributed by atoms with Crippen LogP contribution in [0.25, 0.3) is 5.69 Å². The number of nitrogens with one attached hydrogen (secondary N) is 1. The van der Waals surface area contributed by atoms with Gasteiger partial charge in [0.25, 0.3) is 5.91 Å². The third-order valence-electron chi connectivity index (χ3n) is 3.22. The highest BCUT2D eigenvalue weighted by atomic mass is 16.3. The molecule has 1 aromatic carbocycles. The van der Waals surface area contributed by atoms with Crippen LogP contribution in [0.1, 0.15) is 30.6 Å². The number of aliphatic hydroxyl groups is 1. The maximum atomic E-state index is 12.1. The minimum Gasteiger partial charge on any atom is -0.393 e. The van der Waals surface area contributed by atoms with Gasteiger partial charge in [0.05, 0.1) is 11.8 Å². The van der Waals surface area contributed by atoms with Crippen LogP contribution in [0.3, 0.4) is 0 Å². The normalized spacial score (nSPS) is 12.4. The Bertz CT molecular complexity index is 583. The van der Waals surface area contributed by atoms with Crippen LogP contribution in [0, 0.1) is 5.92 Å². The Morgan fingerprint density at radius 1 is 1.43 bits per heavy atom. The molecule has 1 amide bonds. The Morgan fingerprint density at radius 2 is 2.24 bits per heavy atom. The molecular weight excluding hydrogens is 270 g/mol. The van der Waals surface area contributed by atoms with Crippen molar-refractivity contribution < 1.29 is 9.90 Å². The zero-order valence-corrected chi connectivity index (χ0v) is 12.1. The van der Waals surface area contributed by atoms with Crippen LogP contribution in [0.5, 0.6) is 0 Å². The highest BCUT2D eigenvalue weighted by molar-refractivity contribution is 5.94. The average Bonchev–Trinajstić information content (AvgIpc) is 3.01. The minimum atomic E-state index is -0.405. The first-order valence-corrected chi connectivity index (χ1v) is 6.87. The molecule has 0 aliphatic carbocycles. The van der Waals surface area contributed by atoms with Crippen molar-refractivity contribution in [1.29, 1.82) is 0 Å². The molecule has 2 aromatic rings. The van der Waals surface area contributed by atoms with E-state index >= 15 is 0 Å². The van der Waals surface area contributed by atoms with E-state index in [1.165, 1.54) is 11.0 Å². The fourth-order valence-electron chi connectivity index (χ4n) is 1.84. The van der Waals surface area contributed by atoms with Gasteiger partial charge < -0.3 is 10.4 Å². The molecule has 0 fully saturated rings. The molecule has 0 aliphatic heterocycles. The second-order valence-corrected chi connectivity index (χ2v) is 5.16. The van der Waals surface area contributed by atoms with Crippen LogP contribution < -0.4 is 5.32 Å². The van der Waals surface area contributed by atoms with Gasteiger partial charge >= 0.3 is 0 Å². The monoisotopic (exact) mass is 289 g/mol. The summed E-state index contributed by atoms with van der Waals surface area (Å²) >= 11 is 0. The Balaban J connectivity index is 1.95. The number of amides is 1. The van der Waals surface area contributed by atoms with E-state index in [1.54, 1.807) is 18.2 Å². The van der Waals surface area contributed by atoms with Gasteiger partial charge in [0, 0.05) is 12.1 Å². The smallest absolute Gasteiger partial charge is 0.251 e. The summed E-state index contributed by atoms with van der Waals surface area (Å²) in [5.74, 6) is 0.00549. The number of nitrogens with zero attached hydrogens (tertiary/aromatic N) is 4. The van der Waals surface area contributed by atoms with Gasteiger partial charge in [-0.3, -0.25) is 4.79 Å². The van der Waals surface area contributed by atoms with E-state index in [2.05, 4.69) is 20.8 Å². The lowest BCUT2D eigenvalue weighted by Gasteiger charge is -2.14. The number of carbonyl (C=O) groups excluding carboxylic acids is 1. The molecule has 1 heterocycles. The van der Waals surface area contributed by atoms with Gasteiger partial charge in [-0.15, -0.1) is 5.10 Å². The van der Waals surface area contributed by atoms with Gasteiger partial charge in [0.1, 0.15) is 6.33 Å². The van der Waals surface area contributed by atoms with Gasteiger partial charge in [-0.05, 0) is 41.0 Å². The molecule has 2 rings (SSSR count). The van der Waals surface area contributed by atoms with Crippen LogP contribution in [0.15, 0.2) is 30.6 Å². The van der Waals surface area contributed by atoms with Crippen molar-refractivity contribution >= 4 is 5.91 Å². The number of hydrogen-bond acceptors (Lipinski definition) is 5. The van der Waals surface area contributed by atoms with Crippen molar-refractivity contribution in [3.05, 3.63) is 36.2 Å². The average molecular weight is 289 g/mol. The number of tetrazole rings is 1. The van der Waals surface area contributed by atoms with Crippen molar-refractivity contribution in [2.24, 2.45) is 5.92 Å². The predicted octanol–water partition coefficient (Wildman–Crippen LogP) is 0.799. The molecule has 1 unspecified atom stereocenters. The number of aromatic nitrogens is 4. The molecule has 0 spiro atoms. The molecule has 7 nitrogen and oxygen atoms in total. The lowest BCUT2D eigenvalue weighted by molar-refractivity contribution is 0.0920. The Labute approximate surface area is 123 Å². The molecule has 0 bridgehead atoms. The number of benzene rings is 1. The van der Waals surface area contributed by atoms with Gasteiger partial charge in [-0.1, -0.05) is 19.9 Å². The summed E-state index contributed by atoms with van der Waals surface area (Å²) in [7, 11) is 0. The maximum absolute atomic E-state index is 12.1. The van der Waals surface area contributed by atoms with Gasteiger partial charge in [-0.25, -0.2) is 4.68 Å². The molecule has 1 aromatic heterocycles. The predicted molar refractivity (Wildman–Crippen MR) is 76.9 cm³/mol. The SMILES string of the molecule is CC(C)C(O)CCNC(=O)c1cccc(-n2cnnn2)c1. The Hall–Kier alpha value is -2.28. The standard InChI is InChI=1S/C14H19N5O2/c1-10(2)13(20)6-7-15-14(21)11-4-3-5-12(8-11)19-9-16-17-18-19/h3-5,8-10,13,20H,6-7H2,1-2H3,(H,15,21). The van der Waals surface area contributed by atoms with E-state index in [0.29, 0.717) is 18.5 Å². The minimum absolute atomic E-state index is 0.180. The van der Waals surface area contributed by atoms with Gasteiger partial charge in [0.15, 0.2) is 0 Å². The molecule has 0 saturated carbocycles. The summed E-state index contributed by atoms with van der Waals surface area (Å²) in [6.45, 7) is 4.33. The number of carbonyl (C=O) groups is 1. The van der Waals surface area contributed by atoms with Crippen molar-refractivity contribution in [2.45, 2.75) is 26.4 Å². The molecule has 0 radical (unpaired) electrons. The number of rotatable bonds is 6. The van der Waals surface area contributed by atoms with Crippen molar-refractivity contribution in [1.82, 2.24) is 25.5 Å². The summed E-state index contributed by atoms with van der Waals surface area (Å²) in [6.07, 6.45) is 1.60. The molecule has 1 atom stereocenters. The van der Waals surface area contributed by atoms with Crippen LogP contribution in [-0.4, -0.2) is 43.9 Å². The number of aliphatic hydroxyl groups excluding tert-OH is 1. The first-order chi connectivity index (χ1) is 10.1. The second-order valence-electron chi connectivity index (χ2n) is 5.16. The molecule has 7 heteroatoms. The maximum Gasteiger partial charge on any atom is 0.251 e. The zero-order chi connectivity index (χ0) is 15.2. The van der Waals surface area contributed by atoms with E-state index in [4.69, 9.17) is 0 Å². The first-order valence-electron chi connectivity index (χ1n) is 6.87. The van der Waals surface area contributed by atoms with E-state index < -0.39 is 6.10 Å². The lowest BCUT2D eigenvalue weighted by atomic mass is 10.0. The van der Waals surface area contributed by atoms with Crippen LogP contribution >= 0.6 is 0 Å². The summed E-state index contributed by atoms with van der Waals surface area (Å²) in [5, 5.41) is 23.4. The van der Waals surface area contributed by atoms with Gasteiger partial charge in [0.2, 0.25) is 0 Å². The van der Waals surface area contributed by atoms with Crippen molar-refractivity contribution in [3.63, 3.8) is 0 Å². The lowest BCUT2D eigenvalue weighted by Crippen LogP contribution is -2.28. The van der Waals surface area contributed by atoms with Crippen LogP contribution in [-0.2, 0) is 0 Å². The van der Waals surface area contributed by atoms with Gasteiger partial charge in [-0.2, -0.15) is 0 Å². The largest absolute Gasteiger partial charge is 0.393 e. The highest BCUT2D eigenvalue weighted by Gasteiger charge is 2.11. The molecule has 2 N–H and O–H groups in total. The summed E-state index contributed by atoms with van der Waals surface area (Å²) in [5.41, 5.74) is 1.25. The Morgan fingerprint density at radius 3 is 2.90 bits per heavy atom. The summed E-state index contributed by atoms with van der Waals surface area (Å²) < 4.78 is 1.49. The summed E-state index contributed by atoms with van der Waals surface area (Å²) in [6, 6.07) is 7.02. The van der Waals surface area contributed by atoms with E-state index in [9.17, 15) is 9.90 Å². The molecule has 112 valence electrons. The van der Waals surface area contributed by atoms with E-state index in [0.717, 1.165) is 5.69 Å². The fraction of sp³-hybridized carbons (Fsp3) is 0.429. The molecular formula is C14H19N5O2. The molecule has 0 saturated heterocycles. The first kappa shape index (κ1) is 15.1. The third-order valence-corrected chi connectivity index (χ3v) is 3.22. The van der Waals surface area contributed by atoms with Crippen molar-refractivity contribution in [3.8, 4) is 5.69 Å². The molecule has 21 heavy (non-hydrogen) atoms. The zero-order valence-electron chi connectivity index (χ0n) is 12.1. The Kier molecular flexibility index (Phi) is 4.99. The van der Waals surface area contributed by atoms with Crippen LogP contribution in [0.4, 0.5) is 0 Å². The van der Waals surface area contributed by atoms with E-state index in [-0.39, 0.29) is 11.8 Å². The summed E-state index contributed by atoms with van der Waals surface area (Å²) in [4.78, 5) is 12.1. The third kappa shape index (κ3) is 4.09. The highest BCUT2D eigenvalue weighted by Crippen LogP contribution is 2.09. The van der Waals surface area contributed by atoms with Crippen LogP contribution in [0.2, 0.25) is 0 Å². The molecule has 0 aliphatic rings. The van der Waals surface area contributed by atoms with Crippen molar-refractivity contribution in [2.75, 3.05) is 6.54 Å². The second kappa shape index (κ2) is 6.94. The van der Waals surface area contributed by atoms with E-state index in [1.807, 2.05) is 19.9 Å². The number of hydrogen-bond donors (Lipinski definition) is 2. The quantitative estimate of drug-likeness (QED) is 0.820. The topological polar surface area (TPSA) is 92.9 Å². The fourth-order valence-corrected chi connectivity index (χ4v) is 1.84.